The van der Waals surface area contributed by atoms with Crippen molar-refractivity contribution in [2.75, 3.05) is 0 Å². The Hall–Kier alpha value is -3.39. The zero-order chi connectivity index (χ0) is 18.5. The number of hydrogen-bond donors (Lipinski definition) is 2. The van der Waals surface area contributed by atoms with Crippen LogP contribution in [0.5, 0.6) is 6.01 Å². The largest absolute Gasteiger partial charge is 0.450 e. The standard InChI is InChI=1S/C18H13F2N3O3/c19-14-5-1-11(2-6-14)16(12-3-7-15(20)8-4-12)26-18-21-9-13(10-22-18)17(24)23-25/h1-10,16,25H,(H,23,24). The molecule has 0 atom stereocenters. The highest BCUT2D eigenvalue weighted by molar-refractivity contribution is 5.92. The van der Waals surface area contributed by atoms with E-state index in [1.54, 1.807) is 0 Å². The summed E-state index contributed by atoms with van der Waals surface area (Å²) in [5.41, 5.74) is 2.73. The van der Waals surface area contributed by atoms with Gasteiger partial charge in [0, 0.05) is 12.4 Å². The Labute approximate surface area is 147 Å². The quantitative estimate of drug-likeness (QED) is 0.542. The maximum Gasteiger partial charge on any atom is 0.317 e. The Balaban J connectivity index is 1.91. The molecule has 3 rings (SSSR count). The molecule has 0 fully saturated rings. The molecule has 0 aliphatic carbocycles. The molecular formula is C18H13F2N3O3. The summed E-state index contributed by atoms with van der Waals surface area (Å²) in [6.07, 6.45) is 1.65. The van der Waals surface area contributed by atoms with Crippen molar-refractivity contribution >= 4 is 5.91 Å². The number of hydrogen-bond acceptors (Lipinski definition) is 5. The lowest BCUT2D eigenvalue weighted by Crippen LogP contribution is -2.19. The van der Waals surface area contributed by atoms with Crippen LogP contribution in [-0.4, -0.2) is 21.1 Å². The van der Waals surface area contributed by atoms with Crippen LogP contribution in [0.2, 0.25) is 0 Å². The van der Waals surface area contributed by atoms with Crippen LogP contribution in [0.4, 0.5) is 8.78 Å². The molecule has 2 N–H and O–H groups in total. The molecule has 1 heterocycles. The van der Waals surface area contributed by atoms with Crippen LogP contribution in [0.3, 0.4) is 0 Å². The molecule has 6 nitrogen and oxygen atoms in total. The first-order valence-corrected chi connectivity index (χ1v) is 7.51. The highest BCUT2D eigenvalue weighted by atomic mass is 19.1. The fraction of sp³-hybridized carbons (Fsp3) is 0.0556. The van der Waals surface area contributed by atoms with E-state index < -0.39 is 23.6 Å². The molecular weight excluding hydrogens is 344 g/mol. The molecule has 0 bridgehead atoms. The summed E-state index contributed by atoms with van der Waals surface area (Å²) < 4.78 is 32.2. The average molecular weight is 357 g/mol. The van der Waals surface area contributed by atoms with Gasteiger partial charge in [-0.2, -0.15) is 0 Å². The summed E-state index contributed by atoms with van der Waals surface area (Å²) in [7, 11) is 0. The lowest BCUT2D eigenvalue weighted by molar-refractivity contribution is 0.0705. The van der Waals surface area contributed by atoms with Crippen molar-refractivity contribution in [1.82, 2.24) is 15.4 Å². The van der Waals surface area contributed by atoms with Gasteiger partial charge in [0.1, 0.15) is 11.6 Å². The van der Waals surface area contributed by atoms with E-state index in [-0.39, 0.29) is 11.6 Å². The minimum absolute atomic E-state index is 0.0416. The summed E-state index contributed by atoms with van der Waals surface area (Å²) in [6.45, 7) is 0. The lowest BCUT2D eigenvalue weighted by atomic mass is 10.0. The van der Waals surface area contributed by atoms with Crippen molar-refractivity contribution in [3.63, 3.8) is 0 Å². The average Bonchev–Trinajstić information content (AvgIpc) is 2.67. The van der Waals surface area contributed by atoms with Crippen molar-refractivity contribution in [2.45, 2.75) is 6.10 Å². The highest BCUT2D eigenvalue weighted by Crippen LogP contribution is 2.27. The van der Waals surface area contributed by atoms with Gasteiger partial charge in [0.15, 0.2) is 6.10 Å². The number of aromatic nitrogens is 2. The summed E-state index contributed by atoms with van der Waals surface area (Å²) in [4.78, 5) is 19.1. The molecule has 8 heteroatoms. The van der Waals surface area contributed by atoms with Gasteiger partial charge in [0.05, 0.1) is 5.56 Å². The number of halogens is 2. The molecule has 2 aromatic carbocycles. The molecule has 0 spiro atoms. The van der Waals surface area contributed by atoms with Crippen molar-refractivity contribution in [3.05, 3.63) is 89.2 Å². The van der Waals surface area contributed by atoms with Gasteiger partial charge in [-0.3, -0.25) is 10.0 Å². The van der Waals surface area contributed by atoms with Gasteiger partial charge in [-0.05, 0) is 35.4 Å². The maximum atomic E-state index is 13.2. The number of nitrogens with one attached hydrogen (secondary N) is 1. The van der Waals surface area contributed by atoms with Gasteiger partial charge >= 0.3 is 6.01 Å². The molecule has 3 aromatic rings. The van der Waals surface area contributed by atoms with E-state index in [2.05, 4.69) is 9.97 Å². The van der Waals surface area contributed by atoms with Crippen LogP contribution < -0.4 is 10.2 Å². The SMILES string of the molecule is O=C(NO)c1cnc(OC(c2ccc(F)cc2)c2ccc(F)cc2)nc1. The Kier molecular flexibility index (Phi) is 5.14. The third-order valence-corrected chi connectivity index (χ3v) is 3.56. The molecule has 1 aromatic heterocycles. The van der Waals surface area contributed by atoms with Crippen LogP contribution in [-0.2, 0) is 0 Å². The molecule has 0 radical (unpaired) electrons. The number of amides is 1. The van der Waals surface area contributed by atoms with Crippen LogP contribution >= 0.6 is 0 Å². The van der Waals surface area contributed by atoms with E-state index in [1.807, 2.05) is 0 Å². The maximum absolute atomic E-state index is 13.2. The van der Waals surface area contributed by atoms with E-state index >= 15 is 0 Å². The smallest absolute Gasteiger partial charge is 0.317 e. The van der Waals surface area contributed by atoms with Crippen LogP contribution in [0.1, 0.15) is 27.6 Å². The van der Waals surface area contributed by atoms with Crippen LogP contribution in [0.25, 0.3) is 0 Å². The Morgan fingerprint density at radius 2 is 1.38 bits per heavy atom. The lowest BCUT2D eigenvalue weighted by Gasteiger charge is -2.19. The Morgan fingerprint density at radius 3 is 1.81 bits per heavy atom. The molecule has 0 saturated heterocycles. The molecule has 0 aliphatic heterocycles. The van der Waals surface area contributed by atoms with Crippen molar-refractivity contribution in [3.8, 4) is 6.01 Å². The van der Waals surface area contributed by atoms with Gasteiger partial charge < -0.3 is 4.74 Å². The highest BCUT2D eigenvalue weighted by Gasteiger charge is 2.18. The van der Waals surface area contributed by atoms with Gasteiger partial charge in [-0.1, -0.05) is 24.3 Å². The van der Waals surface area contributed by atoms with Crippen LogP contribution in [0.15, 0.2) is 60.9 Å². The van der Waals surface area contributed by atoms with Gasteiger partial charge in [0.2, 0.25) is 0 Å². The van der Waals surface area contributed by atoms with Crippen LogP contribution in [0, 0.1) is 11.6 Å². The van der Waals surface area contributed by atoms with Gasteiger partial charge in [-0.15, -0.1) is 0 Å². The van der Waals surface area contributed by atoms with E-state index in [9.17, 15) is 13.6 Å². The second kappa shape index (κ2) is 7.66. The number of rotatable bonds is 5. The Bertz CT molecular complexity index is 840. The van der Waals surface area contributed by atoms with Crippen molar-refractivity contribution in [2.24, 2.45) is 0 Å². The predicted molar refractivity (Wildman–Crippen MR) is 86.6 cm³/mol. The summed E-state index contributed by atoms with van der Waals surface area (Å²) in [5.74, 6) is -1.56. The second-order valence-corrected chi connectivity index (χ2v) is 5.30. The van der Waals surface area contributed by atoms with Gasteiger partial charge in [0.25, 0.3) is 5.91 Å². The summed E-state index contributed by atoms with van der Waals surface area (Å²) in [5, 5.41) is 8.60. The van der Waals surface area contributed by atoms with Crippen molar-refractivity contribution in [1.29, 1.82) is 0 Å². The summed E-state index contributed by atoms with van der Waals surface area (Å²) in [6, 6.07) is 11.2. The molecule has 0 unspecified atom stereocenters. The monoisotopic (exact) mass is 357 g/mol. The van der Waals surface area contributed by atoms with Gasteiger partial charge in [-0.25, -0.2) is 24.2 Å². The van der Waals surface area contributed by atoms with E-state index in [4.69, 9.17) is 9.94 Å². The first kappa shape index (κ1) is 17.4. The third kappa shape index (κ3) is 3.98. The zero-order valence-corrected chi connectivity index (χ0v) is 13.3. The zero-order valence-electron chi connectivity index (χ0n) is 13.3. The number of hydroxylamine groups is 1. The minimum Gasteiger partial charge on any atom is -0.450 e. The van der Waals surface area contributed by atoms with E-state index in [1.165, 1.54) is 66.4 Å². The first-order valence-electron chi connectivity index (χ1n) is 7.51. The normalized spacial score (nSPS) is 10.6. The van der Waals surface area contributed by atoms with Crippen molar-refractivity contribution < 1.29 is 23.5 Å². The number of ether oxygens (including phenoxy) is 1. The second-order valence-electron chi connectivity index (χ2n) is 5.30. The van der Waals surface area contributed by atoms with E-state index in [0.717, 1.165) is 0 Å². The number of benzene rings is 2. The summed E-state index contributed by atoms with van der Waals surface area (Å²) >= 11 is 0. The first-order chi connectivity index (χ1) is 12.6. The molecule has 1 amide bonds. The van der Waals surface area contributed by atoms with E-state index in [0.29, 0.717) is 11.1 Å². The number of carbonyl (C=O) groups is 1. The third-order valence-electron chi connectivity index (χ3n) is 3.56. The molecule has 132 valence electrons. The fourth-order valence-corrected chi connectivity index (χ4v) is 2.27. The Morgan fingerprint density at radius 1 is 0.923 bits per heavy atom. The predicted octanol–water partition coefficient (Wildman–Crippen LogP) is 3.04. The molecule has 0 saturated carbocycles. The molecule has 26 heavy (non-hydrogen) atoms. The fourth-order valence-electron chi connectivity index (χ4n) is 2.27. The number of carbonyl (C=O) groups excluding carboxylic acids is 1. The molecule has 0 aliphatic rings. The number of nitrogens with zero attached hydrogens (tertiary/aromatic N) is 2. The minimum atomic E-state index is -0.759. The topological polar surface area (TPSA) is 84.3 Å².